The van der Waals surface area contributed by atoms with Gasteiger partial charge in [0, 0.05) is 18.2 Å². The van der Waals surface area contributed by atoms with E-state index >= 15 is 0 Å². The normalized spacial score (nSPS) is 15.7. The number of methoxy groups -OCH3 is 1. The second-order valence-electron chi connectivity index (χ2n) is 9.10. The van der Waals surface area contributed by atoms with E-state index in [4.69, 9.17) is 4.74 Å². The molecule has 0 aliphatic heterocycles. The summed E-state index contributed by atoms with van der Waals surface area (Å²) in [6.07, 6.45) is 7.98. The van der Waals surface area contributed by atoms with Gasteiger partial charge in [-0.25, -0.2) is 8.42 Å². The minimum Gasteiger partial charge on any atom is -0.496 e. The number of anilines is 1. The lowest BCUT2D eigenvalue weighted by atomic mass is 9.85. The molecule has 0 bridgehead atoms. The van der Waals surface area contributed by atoms with Crippen LogP contribution in [0.5, 0.6) is 5.75 Å². The summed E-state index contributed by atoms with van der Waals surface area (Å²) in [4.78, 5) is 0. The first-order valence-electron chi connectivity index (χ1n) is 12.0. The predicted molar refractivity (Wildman–Crippen MR) is 141 cm³/mol. The van der Waals surface area contributed by atoms with Gasteiger partial charge in [0.2, 0.25) is 0 Å². The van der Waals surface area contributed by atoms with Crippen LogP contribution in [0.1, 0.15) is 51.0 Å². The first-order valence-corrected chi connectivity index (χ1v) is 14.4. The summed E-state index contributed by atoms with van der Waals surface area (Å²) in [5, 5.41) is 5.47. The van der Waals surface area contributed by atoms with E-state index in [0.29, 0.717) is 24.0 Å². The van der Waals surface area contributed by atoms with E-state index in [1.165, 1.54) is 49.9 Å². The lowest BCUT2D eigenvalue weighted by molar-refractivity contribution is 0.305. The molecule has 0 unspecified atom stereocenters. The van der Waals surface area contributed by atoms with Gasteiger partial charge in [-0.2, -0.15) is 0 Å². The van der Waals surface area contributed by atoms with Crippen molar-refractivity contribution in [2.75, 3.05) is 11.8 Å². The van der Waals surface area contributed by atoms with E-state index in [0.717, 1.165) is 22.6 Å². The number of rotatable bonds is 10. The Balaban J connectivity index is 1.59. The zero-order chi connectivity index (χ0) is 24.0. The molecule has 1 aromatic heterocycles. The highest BCUT2D eigenvalue weighted by atomic mass is 32.2. The number of ether oxygens (including phenoxy) is 1. The Kier molecular flexibility index (Phi) is 8.29. The van der Waals surface area contributed by atoms with Crippen molar-refractivity contribution in [1.29, 1.82) is 0 Å². The smallest absolute Gasteiger partial charge is 0.271 e. The number of hydrogen-bond donors (Lipinski definition) is 2. The van der Waals surface area contributed by atoms with E-state index < -0.39 is 10.0 Å². The minimum absolute atomic E-state index is 0.285. The Morgan fingerprint density at radius 1 is 1.03 bits per heavy atom. The van der Waals surface area contributed by atoms with Gasteiger partial charge in [-0.05, 0) is 54.0 Å². The van der Waals surface area contributed by atoms with Crippen LogP contribution in [0.25, 0.3) is 11.1 Å². The van der Waals surface area contributed by atoms with Crippen LogP contribution < -0.4 is 14.8 Å². The molecule has 0 radical (unpaired) electrons. The lowest BCUT2D eigenvalue weighted by Gasteiger charge is -2.25. The Labute approximate surface area is 207 Å². The van der Waals surface area contributed by atoms with Crippen LogP contribution in [0.2, 0.25) is 0 Å². The number of benzene rings is 2. The molecule has 0 amide bonds. The molecule has 7 heteroatoms. The molecule has 0 saturated heterocycles. The molecule has 1 aliphatic rings. The van der Waals surface area contributed by atoms with Gasteiger partial charge in [0.05, 0.1) is 12.8 Å². The predicted octanol–water partition coefficient (Wildman–Crippen LogP) is 6.67. The Bertz CT molecular complexity index is 1170. The highest BCUT2D eigenvalue weighted by Crippen LogP contribution is 2.40. The van der Waals surface area contributed by atoms with Crippen molar-refractivity contribution in [1.82, 2.24) is 5.32 Å². The summed E-state index contributed by atoms with van der Waals surface area (Å²) < 4.78 is 34.7. The van der Waals surface area contributed by atoms with Crippen molar-refractivity contribution in [2.45, 2.75) is 62.2 Å². The largest absolute Gasteiger partial charge is 0.496 e. The summed E-state index contributed by atoms with van der Waals surface area (Å²) in [5.41, 5.74) is 3.33. The Hall–Kier alpha value is -2.35. The number of nitrogens with one attached hydrogen (secondary N) is 2. The molecule has 2 N–H and O–H groups in total. The second-order valence-corrected chi connectivity index (χ2v) is 12.0. The first-order chi connectivity index (χ1) is 16.5. The summed E-state index contributed by atoms with van der Waals surface area (Å²) in [7, 11) is -2.07. The molecule has 0 spiro atoms. The van der Waals surface area contributed by atoms with Gasteiger partial charge in [-0.15, -0.1) is 11.3 Å². The number of sulfonamides is 1. The maximum absolute atomic E-state index is 13.0. The quantitative estimate of drug-likeness (QED) is 0.327. The molecule has 1 atom stereocenters. The van der Waals surface area contributed by atoms with Crippen LogP contribution >= 0.6 is 11.3 Å². The molecular formula is C27H34N2O3S2. The van der Waals surface area contributed by atoms with Crippen molar-refractivity contribution in [3.05, 3.63) is 65.5 Å². The third kappa shape index (κ3) is 6.01. The third-order valence-corrected chi connectivity index (χ3v) is 9.35. The first kappa shape index (κ1) is 24.8. The maximum Gasteiger partial charge on any atom is 0.271 e. The van der Waals surface area contributed by atoms with Gasteiger partial charge >= 0.3 is 0 Å². The van der Waals surface area contributed by atoms with Gasteiger partial charge in [0.15, 0.2) is 0 Å². The molecule has 1 aliphatic carbocycles. The highest BCUT2D eigenvalue weighted by Gasteiger charge is 2.22. The van der Waals surface area contributed by atoms with Crippen LogP contribution in [0.3, 0.4) is 0 Å². The topological polar surface area (TPSA) is 67.4 Å². The van der Waals surface area contributed by atoms with Crippen LogP contribution in [0, 0.1) is 5.92 Å². The van der Waals surface area contributed by atoms with Crippen molar-refractivity contribution in [3.63, 3.8) is 0 Å². The molecule has 34 heavy (non-hydrogen) atoms. The minimum atomic E-state index is -3.68. The molecule has 1 saturated carbocycles. The van der Waals surface area contributed by atoms with Crippen LogP contribution in [0.15, 0.2) is 64.2 Å². The zero-order valence-corrected chi connectivity index (χ0v) is 21.6. The van der Waals surface area contributed by atoms with E-state index in [1.54, 1.807) is 30.7 Å². The molecule has 4 rings (SSSR count). The van der Waals surface area contributed by atoms with E-state index in [1.807, 2.05) is 30.3 Å². The van der Waals surface area contributed by atoms with Crippen LogP contribution in [-0.4, -0.2) is 21.6 Å². The fraction of sp³-hybridized carbons (Fsp3) is 0.407. The molecule has 1 fully saturated rings. The van der Waals surface area contributed by atoms with E-state index in [2.05, 4.69) is 23.0 Å². The lowest BCUT2D eigenvalue weighted by Crippen LogP contribution is -2.28. The van der Waals surface area contributed by atoms with Crippen molar-refractivity contribution in [3.8, 4) is 16.9 Å². The standard InChI is InChI=1S/C27H34N2O3S2/c1-20(18-21-10-4-3-5-11-21)28-19-22-12-6-7-13-23(22)27-24(14-8-15-25(27)32-2)29-34(30,31)26-16-9-17-33-26/h6-9,12-17,20-21,28-29H,3-5,10-11,18-19H2,1-2H3/t20-/m0/s1. The fourth-order valence-electron chi connectivity index (χ4n) is 4.88. The third-order valence-electron chi connectivity index (χ3n) is 6.59. The van der Waals surface area contributed by atoms with Crippen molar-refractivity contribution in [2.24, 2.45) is 5.92 Å². The molecule has 1 heterocycles. The van der Waals surface area contributed by atoms with E-state index in [9.17, 15) is 8.42 Å². The van der Waals surface area contributed by atoms with Gasteiger partial charge in [-0.3, -0.25) is 4.72 Å². The van der Waals surface area contributed by atoms with Crippen LogP contribution in [0.4, 0.5) is 5.69 Å². The average Bonchev–Trinajstić information content (AvgIpc) is 3.40. The summed E-state index contributed by atoms with van der Waals surface area (Å²) in [5.74, 6) is 1.45. The SMILES string of the molecule is COc1cccc(NS(=O)(=O)c2cccs2)c1-c1ccccc1CN[C@@H](C)CC1CCCCC1. The summed E-state index contributed by atoms with van der Waals surface area (Å²) in [6, 6.07) is 17.4. The number of thiophene rings is 1. The highest BCUT2D eigenvalue weighted by molar-refractivity contribution is 7.94. The molecule has 3 aromatic rings. The molecule has 5 nitrogen and oxygen atoms in total. The second kappa shape index (κ2) is 11.4. The van der Waals surface area contributed by atoms with Crippen molar-refractivity contribution >= 4 is 27.0 Å². The zero-order valence-electron chi connectivity index (χ0n) is 19.9. The van der Waals surface area contributed by atoms with Gasteiger partial charge in [0.25, 0.3) is 10.0 Å². The average molecular weight is 499 g/mol. The number of hydrogen-bond acceptors (Lipinski definition) is 5. The van der Waals surface area contributed by atoms with Gasteiger partial charge in [-0.1, -0.05) is 68.5 Å². The van der Waals surface area contributed by atoms with Crippen LogP contribution in [-0.2, 0) is 16.6 Å². The van der Waals surface area contributed by atoms with Crippen molar-refractivity contribution < 1.29 is 13.2 Å². The fourth-order valence-corrected chi connectivity index (χ4v) is 6.95. The van der Waals surface area contributed by atoms with E-state index in [-0.39, 0.29) is 4.21 Å². The Morgan fingerprint density at radius 2 is 1.82 bits per heavy atom. The summed E-state index contributed by atoms with van der Waals surface area (Å²) in [6.45, 7) is 2.97. The summed E-state index contributed by atoms with van der Waals surface area (Å²) >= 11 is 1.20. The molecule has 2 aromatic carbocycles. The monoisotopic (exact) mass is 498 g/mol. The molecule has 182 valence electrons. The Morgan fingerprint density at radius 3 is 2.56 bits per heavy atom. The maximum atomic E-state index is 13.0. The molecular weight excluding hydrogens is 464 g/mol. The van der Waals surface area contributed by atoms with Gasteiger partial charge in [0.1, 0.15) is 9.96 Å². The van der Waals surface area contributed by atoms with Gasteiger partial charge < -0.3 is 10.1 Å².